The van der Waals surface area contributed by atoms with Crippen molar-refractivity contribution in [2.24, 2.45) is 0 Å². The second kappa shape index (κ2) is 10.2. The maximum absolute atomic E-state index is 2.68. The SMILES string of the molecule is CC(C)(C)c1ccc(N2B3c4c(cc(-c5ccccc5)cc4-n4c5c(c6cccc3c64)-c3ccccc3C5(C)C)-c3cc4ccccc4cc32)cc1. The Labute approximate surface area is 306 Å². The van der Waals surface area contributed by atoms with Crippen LogP contribution in [-0.2, 0) is 10.8 Å². The summed E-state index contributed by atoms with van der Waals surface area (Å²) in [5, 5.41) is 3.86. The van der Waals surface area contributed by atoms with Gasteiger partial charge in [-0.05, 0) is 96.9 Å². The summed E-state index contributed by atoms with van der Waals surface area (Å²) in [6.07, 6.45) is 0. The van der Waals surface area contributed by atoms with Gasteiger partial charge in [0.25, 0.3) is 0 Å². The van der Waals surface area contributed by atoms with Crippen molar-refractivity contribution in [2.75, 3.05) is 4.81 Å². The Balaban J connectivity index is 1.31. The first-order valence-corrected chi connectivity index (χ1v) is 18.6. The lowest BCUT2D eigenvalue weighted by Gasteiger charge is -2.43. The molecule has 3 aliphatic rings. The van der Waals surface area contributed by atoms with Crippen molar-refractivity contribution in [1.29, 1.82) is 0 Å². The maximum Gasteiger partial charge on any atom is 0.333 e. The van der Waals surface area contributed by atoms with Crippen LogP contribution in [0.1, 0.15) is 51.4 Å². The van der Waals surface area contributed by atoms with Crippen LogP contribution in [0.5, 0.6) is 0 Å². The van der Waals surface area contributed by atoms with E-state index in [2.05, 4.69) is 190 Å². The first-order valence-electron chi connectivity index (χ1n) is 18.6. The summed E-state index contributed by atoms with van der Waals surface area (Å²) in [4.78, 5) is 2.65. The normalized spacial score (nSPS) is 14.7. The predicted molar refractivity (Wildman–Crippen MR) is 222 cm³/mol. The van der Waals surface area contributed by atoms with Crippen LogP contribution in [0.4, 0.5) is 11.4 Å². The summed E-state index contributed by atoms with van der Waals surface area (Å²) in [7, 11) is 0. The van der Waals surface area contributed by atoms with Gasteiger partial charge in [-0.3, -0.25) is 0 Å². The van der Waals surface area contributed by atoms with Gasteiger partial charge in [0.15, 0.2) is 0 Å². The largest absolute Gasteiger partial charge is 0.376 e. The molecule has 7 aromatic carbocycles. The van der Waals surface area contributed by atoms with E-state index in [1.54, 1.807) is 0 Å². The second-order valence-electron chi connectivity index (χ2n) is 16.6. The number of aromatic nitrogens is 1. The summed E-state index contributed by atoms with van der Waals surface area (Å²) in [6.45, 7) is 11.7. The number of anilines is 2. The van der Waals surface area contributed by atoms with E-state index >= 15 is 0 Å². The predicted octanol–water partition coefficient (Wildman–Crippen LogP) is 11.3. The van der Waals surface area contributed by atoms with Crippen LogP contribution in [0.25, 0.3) is 60.7 Å². The van der Waals surface area contributed by atoms with Gasteiger partial charge < -0.3 is 9.38 Å². The van der Waals surface area contributed by atoms with E-state index in [-0.39, 0.29) is 17.7 Å². The van der Waals surface area contributed by atoms with E-state index in [0.717, 1.165) is 0 Å². The molecule has 3 heteroatoms. The molecule has 2 aliphatic heterocycles. The third kappa shape index (κ3) is 3.86. The lowest BCUT2D eigenvalue weighted by molar-refractivity contribution is 0.590. The summed E-state index contributed by atoms with van der Waals surface area (Å²) < 4.78 is 2.68. The minimum absolute atomic E-state index is 0.00597. The molecule has 3 heterocycles. The standard InChI is InChI=1S/C49H39BN2/c1-48(2,3)34-22-24-35(25-23-34)52-42-28-32-17-10-9-16-31(32)26-38(42)39-27-33(30-14-7-6-8-15-30)29-43-45(39)50(52)41-21-13-19-37-44-36-18-11-12-20-40(36)49(4,5)47(44)51(43)46(37)41/h6-29H,1-5H3. The van der Waals surface area contributed by atoms with Crippen LogP contribution < -0.4 is 15.7 Å². The first kappa shape index (κ1) is 29.9. The number of benzene rings is 7. The summed E-state index contributed by atoms with van der Waals surface area (Å²) in [6, 6.07) is 55.2. The third-order valence-corrected chi connectivity index (χ3v) is 12.2. The molecular weight excluding hydrogens is 627 g/mol. The molecule has 1 aliphatic carbocycles. The van der Waals surface area contributed by atoms with Gasteiger partial charge in [0.1, 0.15) is 0 Å². The Kier molecular flexibility index (Phi) is 5.84. The Morgan fingerprint density at radius 1 is 0.577 bits per heavy atom. The number of para-hydroxylation sites is 1. The summed E-state index contributed by atoms with van der Waals surface area (Å²) >= 11 is 0. The molecule has 0 bridgehead atoms. The van der Waals surface area contributed by atoms with Crippen LogP contribution in [0.2, 0.25) is 0 Å². The molecule has 0 atom stereocenters. The molecule has 0 saturated heterocycles. The monoisotopic (exact) mass is 666 g/mol. The highest BCUT2D eigenvalue weighted by atomic mass is 15.1. The number of fused-ring (bicyclic) bond motifs is 10. The van der Waals surface area contributed by atoms with Crippen LogP contribution >= 0.6 is 0 Å². The Bertz CT molecular complexity index is 2800. The fourth-order valence-corrected chi connectivity index (χ4v) is 9.81. The third-order valence-electron chi connectivity index (χ3n) is 12.2. The molecule has 0 spiro atoms. The maximum atomic E-state index is 2.68. The zero-order chi connectivity index (χ0) is 35.1. The molecule has 0 unspecified atom stereocenters. The number of nitrogens with zero attached hydrogens (tertiary/aromatic N) is 2. The van der Waals surface area contributed by atoms with Gasteiger partial charge in [-0.25, -0.2) is 0 Å². The molecule has 2 nitrogen and oxygen atoms in total. The molecule has 0 saturated carbocycles. The number of hydrogen-bond acceptors (Lipinski definition) is 1. The number of rotatable bonds is 2. The van der Waals surface area contributed by atoms with Crippen molar-refractivity contribution in [2.45, 2.75) is 45.4 Å². The van der Waals surface area contributed by atoms with Gasteiger partial charge in [0.2, 0.25) is 0 Å². The Morgan fingerprint density at radius 3 is 2.06 bits per heavy atom. The molecule has 8 aromatic rings. The highest BCUT2D eigenvalue weighted by Gasteiger charge is 2.48. The fourth-order valence-electron chi connectivity index (χ4n) is 9.81. The van der Waals surface area contributed by atoms with E-state index < -0.39 is 0 Å². The zero-order valence-electron chi connectivity index (χ0n) is 30.3. The summed E-state index contributed by atoms with van der Waals surface area (Å²) in [5.41, 5.74) is 19.7. The highest BCUT2D eigenvalue weighted by Crippen LogP contribution is 2.55. The van der Waals surface area contributed by atoms with E-state index in [1.165, 1.54) is 99.9 Å². The van der Waals surface area contributed by atoms with Gasteiger partial charge in [-0.2, -0.15) is 0 Å². The smallest absolute Gasteiger partial charge is 0.333 e. The van der Waals surface area contributed by atoms with Gasteiger partial charge in [-0.1, -0.05) is 144 Å². The lowest BCUT2D eigenvalue weighted by Crippen LogP contribution is -2.60. The van der Waals surface area contributed by atoms with E-state index in [1.807, 2.05) is 0 Å². The van der Waals surface area contributed by atoms with Crippen LogP contribution in [0, 0.1) is 0 Å². The van der Waals surface area contributed by atoms with Crippen molar-refractivity contribution in [3.8, 4) is 39.1 Å². The molecule has 248 valence electrons. The molecule has 0 N–H and O–H groups in total. The first-order chi connectivity index (χ1) is 25.2. The summed E-state index contributed by atoms with van der Waals surface area (Å²) in [5.74, 6) is 0. The average Bonchev–Trinajstić information content (AvgIpc) is 3.64. The molecule has 0 radical (unpaired) electrons. The molecule has 11 rings (SSSR count). The lowest BCUT2D eigenvalue weighted by atomic mass is 9.43. The van der Waals surface area contributed by atoms with Crippen LogP contribution in [0.15, 0.2) is 146 Å². The minimum Gasteiger partial charge on any atom is -0.376 e. The van der Waals surface area contributed by atoms with E-state index in [4.69, 9.17) is 0 Å². The van der Waals surface area contributed by atoms with Gasteiger partial charge in [-0.15, -0.1) is 0 Å². The van der Waals surface area contributed by atoms with Crippen LogP contribution in [0.3, 0.4) is 0 Å². The van der Waals surface area contributed by atoms with E-state index in [0.29, 0.717) is 0 Å². The van der Waals surface area contributed by atoms with Gasteiger partial charge >= 0.3 is 6.85 Å². The fraction of sp³-hybridized carbons (Fsp3) is 0.143. The molecule has 0 fully saturated rings. The van der Waals surface area contributed by atoms with Crippen molar-refractivity contribution in [3.05, 3.63) is 162 Å². The Hall–Kier alpha value is -5.80. The zero-order valence-corrected chi connectivity index (χ0v) is 30.3. The van der Waals surface area contributed by atoms with Crippen molar-refractivity contribution >= 4 is 50.8 Å². The van der Waals surface area contributed by atoms with Gasteiger partial charge in [0, 0.05) is 44.7 Å². The Morgan fingerprint density at radius 2 is 1.29 bits per heavy atom. The molecule has 52 heavy (non-hydrogen) atoms. The highest BCUT2D eigenvalue weighted by molar-refractivity contribution is 6.93. The quantitative estimate of drug-likeness (QED) is 0.167. The number of hydrogen-bond donors (Lipinski definition) is 0. The molecule has 0 amide bonds. The second-order valence-corrected chi connectivity index (χ2v) is 16.6. The average molecular weight is 667 g/mol. The van der Waals surface area contributed by atoms with Crippen molar-refractivity contribution in [3.63, 3.8) is 0 Å². The van der Waals surface area contributed by atoms with Crippen molar-refractivity contribution < 1.29 is 0 Å². The van der Waals surface area contributed by atoms with Crippen LogP contribution in [-0.4, -0.2) is 11.4 Å². The molecule has 1 aromatic heterocycles. The van der Waals surface area contributed by atoms with E-state index in [9.17, 15) is 0 Å². The van der Waals surface area contributed by atoms with Crippen molar-refractivity contribution in [1.82, 2.24) is 4.57 Å². The minimum atomic E-state index is -0.171. The topological polar surface area (TPSA) is 8.17 Å². The van der Waals surface area contributed by atoms with Gasteiger partial charge in [0.05, 0.1) is 5.52 Å². The molecular formula is C49H39BN2.